The molecule has 5 rings (SSSR count). The van der Waals surface area contributed by atoms with E-state index in [0.717, 1.165) is 35.8 Å². The lowest BCUT2D eigenvalue weighted by Crippen LogP contribution is -2.53. The summed E-state index contributed by atoms with van der Waals surface area (Å²) in [5.74, 6) is 3.95. The summed E-state index contributed by atoms with van der Waals surface area (Å²) in [4.78, 5) is 11.7. The summed E-state index contributed by atoms with van der Waals surface area (Å²) in [6.07, 6.45) is 12.6. The average molecular weight is 423 g/mol. The normalized spacial score (nSPS) is 41.4. The highest BCUT2D eigenvalue weighted by Crippen LogP contribution is 2.66. The molecule has 1 aromatic carbocycles. The molecule has 0 saturated heterocycles. The van der Waals surface area contributed by atoms with E-state index in [1.165, 1.54) is 56.1 Å². The van der Waals surface area contributed by atoms with E-state index in [-0.39, 0.29) is 17.5 Å². The van der Waals surface area contributed by atoms with Gasteiger partial charge in [0.05, 0.1) is 7.11 Å². The van der Waals surface area contributed by atoms with Crippen molar-refractivity contribution in [1.29, 1.82) is 0 Å². The molecule has 0 spiro atoms. The third kappa shape index (κ3) is 3.34. The van der Waals surface area contributed by atoms with Crippen LogP contribution < -0.4 is 4.74 Å². The van der Waals surface area contributed by atoms with Gasteiger partial charge in [0.25, 0.3) is 0 Å². The van der Waals surface area contributed by atoms with Gasteiger partial charge in [-0.05, 0) is 104 Å². The van der Waals surface area contributed by atoms with E-state index in [1.807, 2.05) is 0 Å². The number of esters is 1. The minimum atomic E-state index is -0.104. The van der Waals surface area contributed by atoms with Crippen LogP contribution in [0.2, 0.25) is 0 Å². The monoisotopic (exact) mass is 422 g/mol. The molecule has 0 aliphatic heterocycles. The molecule has 3 heteroatoms. The number of hydrogen-bond acceptors (Lipinski definition) is 3. The van der Waals surface area contributed by atoms with E-state index < -0.39 is 0 Å². The average Bonchev–Trinajstić information content (AvgIpc) is 3.09. The molecule has 0 amide bonds. The lowest BCUT2D eigenvalue weighted by atomic mass is 9.45. The first kappa shape index (κ1) is 21.1. The van der Waals surface area contributed by atoms with Gasteiger partial charge in [-0.3, -0.25) is 4.79 Å². The lowest BCUT2D eigenvalue weighted by molar-refractivity contribution is -0.159. The topological polar surface area (TPSA) is 35.5 Å². The van der Waals surface area contributed by atoms with Gasteiger partial charge in [0.15, 0.2) is 0 Å². The Labute approximate surface area is 187 Å². The number of allylic oxidation sites excluding steroid dienone is 2. The second-order valence-corrected chi connectivity index (χ2v) is 11.2. The van der Waals surface area contributed by atoms with Gasteiger partial charge in [-0.25, -0.2) is 0 Å². The molecule has 168 valence electrons. The minimum absolute atomic E-state index is 0.104. The Morgan fingerprint density at radius 3 is 2.42 bits per heavy atom. The van der Waals surface area contributed by atoms with Crippen molar-refractivity contribution in [3.05, 3.63) is 35.9 Å². The molecule has 3 fully saturated rings. The lowest BCUT2D eigenvalue weighted by Gasteiger charge is -2.60. The van der Waals surface area contributed by atoms with Crippen LogP contribution in [0, 0.1) is 34.5 Å². The highest BCUT2D eigenvalue weighted by Gasteiger charge is 2.60. The fraction of sp³-hybridized carbons (Fsp3) is 0.679. The van der Waals surface area contributed by atoms with Crippen molar-refractivity contribution in [3.8, 4) is 5.75 Å². The van der Waals surface area contributed by atoms with Crippen LogP contribution in [0.15, 0.2) is 30.3 Å². The molecular formula is C28H38O3. The van der Waals surface area contributed by atoms with Gasteiger partial charge in [-0.1, -0.05) is 32.1 Å². The molecule has 3 nitrogen and oxygen atoms in total. The van der Waals surface area contributed by atoms with Crippen molar-refractivity contribution < 1.29 is 14.3 Å². The fourth-order valence-electron chi connectivity index (χ4n) is 8.27. The quantitative estimate of drug-likeness (QED) is 0.511. The molecule has 0 unspecified atom stereocenters. The van der Waals surface area contributed by atoms with Crippen molar-refractivity contribution in [2.75, 3.05) is 7.11 Å². The standard InChI is InChI=1S/C28H38O3/c1-18(29)31-26-12-11-24-23-10-7-21-17-20(19-5-8-22(30-4)9-6-19)13-15-27(21,2)25(23)14-16-28(24,26)3/h5-6,8-9,13,21,23-26H,7,10-12,14-17H2,1-4H3/t21-,23-,24+,25+,26-,27-,28-/m0/s1. The maximum Gasteiger partial charge on any atom is 0.302 e. The highest BCUT2D eigenvalue weighted by molar-refractivity contribution is 5.67. The largest absolute Gasteiger partial charge is 0.497 e. The molecule has 31 heavy (non-hydrogen) atoms. The summed E-state index contributed by atoms with van der Waals surface area (Å²) in [5.41, 5.74) is 3.50. The molecular weight excluding hydrogens is 384 g/mol. The number of carbonyl (C=O) groups is 1. The van der Waals surface area contributed by atoms with Gasteiger partial charge in [-0.15, -0.1) is 0 Å². The molecule has 7 atom stereocenters. The first-order valence-electron chi connectivity index (χ1n) is 12.4. The van der Waals surface area contributed by atoms with Crippen LogP contribution in [-0.2, 0) is 9.53 Å². The van der Waals surface area contributed by atoms with Crippen molar-refractivity contribution >= 4 is 11.5 Å². The molecule has 3 saturated carbocycles. The number of methoxy groups -OCH3 is 1. The first-order chi connectivity index (χ1) is 14.8. The van der Waals surface area contributed by atoms with Crippen LogP contribution in [0.1, 0.15) is 77.7 Å². The molecule has 0 N–H and O–H groups in total. The molecule has 1 aromatic rings. The van der Waals surface area contributed by atoms with Crippen LogP contribution >= 0.6 is 0 Å². The number of hydrogen-bond donors (Lipinski definition) is 0. The van der Waals surface area contributed by atoms with Crippen LogP contribution in [-0.4, -0.2) is 19.2 Å². The Hall–Kier alpha value is -1.77. The summed E-state index contributed by atoms with van der Waals surface area (Å²) in [6.45, 7) is 6.59. The zero-order chi connectivity index (χ0) is 21.8. The Morgan fingerprint density at radius 1 is 0.968 bits per heavy atom. The van der Waals surface area contributed by atoms with E-state index in [1.54, 1.807) is 14.0 Å². The Kier molecular flexibility index (Phi) is 5.22. The van der Waals surface area contributed by atoms with E-state index >= 15 is 0 Å². The van der Waals surface area contributed by atoms with E-state index in [2.05, 4.69) is 44.2 Å². The zero-order valence-electron chi connectivity index (χ0n) is 19.7. The first-order valence-corrected chi connectivity index (χ1v) is 12.4. The highest BCUT2D eigenvalue weighted by atomic mass is 16.5. The third-order valence-electron chi connectivity index (χ3n) is 10.0. The van der Waals surface area contributed by atoms with E-state index in [4.69, 9.17) is 9.47 Å². The van der Waals surface area contributed by atoms with Gasteiger partial charge >= 0.3 is 5.97 Å². The number of carbonyl (C=O) groups excluding carboxylic acids is 1. The molecule has 0 heterocycles. The second-order valence-electron chi connectivity index (χ2n) is 11.2. The summed E-state index contributed by atoms with van der Waals surface area (Å²) >= 11 is 0. The van der Waals surface area contributed by atoms with Crippen molar-refractivity contribution in [3.63, 3.8) is 0 Å². The van der Waals surface area contributed by atoms with Crippen LogP contribution in [0.25, 0.3) is 5.57 Å². The summed E-state index contributed by atoms with van der Waals surface area (Å²) in [7, 11) is 1.73. The van der Waals surface area contributed by atoms with Gasteiger partial charge in [0.1, 0.15) is 11.9 Å². The van der Waals surface area contributed by atoms with Crippen LogP contribution in [0.4, 0.5) is 0 Å². The Bertz CT molecular complexity index is 871. The van der Waals surface area contributed by atoms with E-state index in [9.17, 15) is 4.79 Å². The predicted molar refractivity (Wildman–Crippen MR) is 124 cm³/mol. The minimum Gasteiger partial charge on any atom is -0.497 e. The molecule has 4 aliphatic rings. The number of rotatable bonds is 3. The summed E-state index contributed by atoms with van der Waals surface area (Å²) in [6, 6.07) is 8.61. The zero-order valence-corrected chi connectivity index (χ0v) is 19.7. The molecule has 4 aliphatic carbocycles. The Morgan fingerprint density at radius 2 is 1.71 bits per heavy atom. The SMILES string of the molecule is COc1ccc(C2=CC[C@@]3(C)[C@@H](CC[C@@H]4[C@H]3CC[C@]3(C)[C@@H](OC(C)=O)CC[C@H]43)C2)cc1. The van der Waals surface area contributed by atoms with Crippen LogP contribution in [0.5, 0.6) is 5.75 Å². The van der Waals surface area contributed by atoms with Crippen molar-refractivity contribution in [1.82, 2.24) is 0 Å². The third-order valence-corrected chi connectivity index (χ3v) is 10.0. The summed E-state index contributed by atoms with van der Waals surface area (Å²) in [5, 5.41) is 0. The fourth-order valence-corrected chi connectivity index (χ4v) is 8.27. The maximum absolute atomic E-state index is 11.7. The van der Waals surface area contributed by atoms with E-state index in [0.29, 0.717) is 5.41 Å². The number of ether oxygens (including phenoxy) is 2. The van der Waals surface area contributed by atoms with Gasteiger partial charge < -0.3 is 9.47 Å². The predicted octanol–water partition coefficient (Wildman–Crippen LogP) is 6.66. The maximum atomic E-state index is 11.7. The van der Waals surface area contributed by atoms with Gasteiger partial charge in [-0.2, -0.15) is 0 Å². The number of fused-ring (bicyclic) bond motifs is 5. The van der Waals surface area contributed by atoms with Crippen LogP contribution in [0.3, 0.4) is 0 Å². The Balaban J connectivity index is 1.36. The molecule has 0 bridgehead atoms. The van der Waals surface area contributed by atoms with Crippen molar-refractivity contribution in [2.24, 2.45) is 34.5 Å². The van der Waals surface area contributed by atoms with Gasteiger partial charge in [0.2, 0.25) is 0 Å². The number of benzene rings is 1. The second kappa shape index (κ2) is 7.67. The summed E-state index contributed by atoms with van der Waals surface area (Å²) < 4.78 is 11.2. The van der Waals surface area contributed by atoms with Crippen molar-refractivity contribution in [2.45, 2.75) is 78.2 Å². The molecule has 0 aromatic heterocycles. The van der Waals surface area contributed by atoms with Gasteiger partial charge in [0, 0.05) is 12.3 Å². The smallest absolute Gasteiger partial charge is 0.302 e. The molecule has 0 radical (unpaired) electrons.